The zero-order valence-corrected chi connectivity index (χ0v) is 15.3. The van der Waals surface area contributed by atoms with E-state index in [0.29, 0.717) is 29.0 Å². The van der Waals surface area contributed by atoms with E-state index in [-0.39, 0.29) is 11.2 Å². The van der Waals surface area contributed by atoms with Crippen LogP contribution in [0.5, 0.6) is 0 Å². The van der Waals surface area contributed by atoms with Gasteiger partial charge in [-0.2, -0.15) is 0 Å². The number of fused-ring (bicyclic) bond motifs is 5. The van der Waals surface area contributed by atoms with Crippen molar-refractivity contribution in [2.75, 3.05) is 13.2 Å². The summed E-state index contributed by atoms with van der Waals surface area (Å²) in [6.07, 6.45) is 10.5. The Kier molecular flexibility index (Phi) is 3.34. The van der Waals surface area contributed by atoms with Crippen molar-refractivity contribution in [2.45, 2.75) is 77.4 Å². The van der Waals surface area contributed by atoms with Gasteiger partial charge in [-0.25, -0.2) is 0 Å². The Balaban J connectivity index is 1.46. The minimum absolute atomic E-state index is 0.185. The van der Waals surface area contributed by atoms with Crippen LogP contribution in [-0.2, 0) is 14.3 Å². The molecule has 1 spiro atoms. The van der Waals surface area contributed by atoms with Crippen molar-refractivity contribution >= 4 is 5.78 Å². The van der Waals surface area contributed by atoms with Crippen LogP contribution in [0.1, 0.15) is 71.6 Å². The number of ketones is 1. The first-order chi connectivity index (χ1) is 11.5. The molecular weight excluding hydrogens is 300 g/mol. The molecule has 1 aliphatic heterocycles. The lowest BCUT2D eigenvalue weighted by Gasteiger charge is -2.60. The predicted molar refractivity (Wildman–Crippen MR) is 91.4 cm³/mol. The maximum Gasteiger partial charge on any atom is 0.168 e. The quantitative estimate of drug-likeness (QED) is 0.662. The summed E-state index contributed by atoms with van der Waals surface area (Å²) in [5, 5.41) is 0. The first-order valence-electron chi connectivity index (χ1n) is 10.3. The van der Waals surface area contributed by atoms with Crippen LogP contribution in [0.15, 0.2) is 0 Å². The van der Waals surface area contributed by atoms with E-state index in [9.17, 15) is 4.79 Å². The van der Waals surface area contributed by atoms with Crippen molar-refractivity contribution in [3.8, 4) is 0 Å². The van der Waals surface area contributed by atoms with Crippen LogP contribution in [0.2, 0.25) is 0 Å². The molecule has 4 saturated carbocycles. The highest BCUT2D eigenvalue weighted by Crippen LogP contribution is 2.66. The van der Waals surface area contributed by atoms with Gasteiger partial charge in [-0.05, 0) is 60.7 Å². The van der Waals surface area contributed by atoms with E-state index in [1.807, 2.05) is 0 Å². The van der Waals surface area contributed by atoms with Gasteiger partial charge < -0.3 is 9.47 Å². The van der Waals surface area contributed by atoms with Crippen LogP contribution in [0, 0.1) is 34.5 Å². The molecule has 0 aromatic heterocycles. The summed E-state index contributed by atoms with van der Waals surface area (Å²) in [6.45, 7) is 6.33. The third kappa shape index (κ3) is 2.00. The number of hydrogen-bond donors (Lipinski definition) is 0. The number of rotatable bonds is 0. The predicted octanol–water partition coefficient (Wildman–Crippen LogP) is 4.34. The van der Waals surface area contributed by atoms with Gasteiger partial charge in [0.25, 0.3) is 0 Å². The van der Waals surface area contributed by atoms with Gasteiger partial charge in [0, 0.05) is 25.2 Å². The molecule has 1 saturated heterocycles. The van der Waals surface area contributed by atoms with Gasteiger partial charge in [-0.1, -0.05) is 20.3 Å². The van der Waals surface area contributed by atoms with Crippen molar-refractivity contribution in [2.24, 2.45) is 34.5 Å². The zero-order valence-electron chi connectivity index (χ0n) is 15.3. The van der Waals surface area contributed by atoms with Gasteiger partial charge in [-0.15, -0.1) is 0 Å². The van der Waals surface area contributed by atoms with E-state index in [1.54, 1.807) is 0 Å². The first kappa shape index (κ1) is 15.8. The number of Topliss-reactive ketones (excluding diaryl/α,β-unsaturated/α-hetero) is 1. The maximum absolute atomic E-state index is 13.3. The molecule has 0 aromatic rings. The third-order valence-electron chi connectivity index (χ3n) is 8.94. The Bertz CT molecular complexity index is 551. The highest BCUT2D eigenvalue weighted by molar-refractivity contribution is 5.84. The molecule has 0 amide bonds. The lowest BCUT2D eigenvalue weighted by atomic mass is 9.44. The Morgan fingerprint density at radius 3 is 2.58 bits per heavy atom. The van der Waals surface area contributed by atoms with Crippen molar-refractivity contribution in [1.82, 2.24) is 0 Å². The summed E-state index contributed by atoms with van der Waals surface area (Å²) in [4.78, 5) is 13.3. The van der Waals surface area contributed by atoms with Gasteiger partial charge in [0.05, 0.1) is 13.2 Å². The number of carbonyl (C=O) groups is 1. The first-order valence-corrected chi connectivity index (χ1v) is 10.3. The van der Waals surface area contributed by atoms with Crippen LogP contribution in [0.3, 0.4) is 0 Å². The molecule has 3 nitrogen and oxygen atoms in total. The van der Waals surface area contributed by atoms with Crippen molar-refractivity contribution in [3.63, 3.8) is 0 Å². The fourth-order valence-electron chi connectivity index (χ4n) is 7.78. The fraction of sp³-hybridized carbons (Fsp3) is 0.952. The van der Waals surface area contributed by atoms with Crippen LogP contribution < -0.4 is 0 Å². The van der Waals surface area contributed by atoms with Gasteiger partial charge in [0.1, 0.15) is 5.78 Å². The van der Waals surface area contributed by atoms with Crippen molar-refractivity contribution in [3.05, 3.63) is 0 Å². The van der Waals surface area contributed by atoms with Gasteiger partial charge in [0.15, 0.2) is 5.79 Å². The minimum Gasteiger partial charge on any atom is -0.348 e. The monoisotopic (exact) mass is 332 g/mol. The third-order valence-corrected chi connectivity index (χ3v) is 8.94. The van der Waals surface area contributed by atoms with E-state index in [0.717, 1.165) is 44.8 Å². The molecule has 4 aliphatic carbocycles. The van der Waals surface area contributed by atoms with Crippen molar-refractivity contribution < 1.29 is 14.3 Å². The number of ether oxygens (including phenoxy) is 2. The normalized spacial score (nSPS) is 52.8. The largest absolute Gasteiger partial charge is 0.348 e. The average molecular weight is 332 g/mol. The van der Waals surface area contributed by atoms with Crippen LogP contribution in [0.25, 0.3) is 0 Å². The Morgan fingerprint density at radius 1 is 1.00 bits per heavy atom. The smallest absolute Gasteiger partial charge is 0.168 e. The summed E-state index contributed by atoms with van der Waals surface area (Å²) in [5.41, 5.74) is 0.499. The molecule has 5 rings (SSSR count). The summed E-state index contributed by atoms with van der Waals surface area (Å²) in [7, 11) is 0. The molecule has 6 atom stereocenters. The standard InChI is InChI=1S/C21H32O3/c1-19-7-3-4-16(19)15-6-5-14-12-21(23-10-11-24-21)9-8-20(14,2)18(15)17(22)13-19/h14-16,18H,3-13H2,1-2H3/t14-,15-,16-,18+,19+,20+/m1/s1. The molecule has 5 fully saturated rings. The van der Waals surface area contributed by atoms with E-state index in [4.69, 9.17) is 9.47 Å². The lowest BCUT2D eigenvalue weighted by molar-refractivity contribution is -0.226. The van der Waals surface area contributed by atoms with Gasteiger partial charge >= 0.3 is 0 Å². The summed E-state index contributed by atoms with van der Waals surface area (Å²) in [6, 6.07) is 0. The molecule has 3 heteroatoms. The van der Waals surface area contributed by atoms with E-state index >= 15 is 0 Å². The Morgan fingerprint density at radius 2 is 1.79 bits per heavy atom. The number of hydrogen-bond acceptors (Lipinski definition) is 3. The molecule has 1 heterocycles. The molecule has 134 valence electrons. The summed E-state index contributed by atoms with van der Waals surface area (Å²) >= 11 is 0. The Labute approximate surface area is 145 Å². The molecule has 5 aliphatic rings. The van der Waals surface area contributed by atoms with Crippen LogP contribution in [-0.4, -0.2) is 24.8 Å². The highest BCUT2D eigenvalue weighted by atomic mass is 16.7. The molecule has 24 heavy (non-hydrogen) atoms. The zero-order chi connectivity index (χ0) is 16.6. The number of carbonyl (C=O) groups excluding carboxylic acids is 1. The van der Waals surface area contributed by atoms with Crippen LogP contribution >= 0.6 is 0 Å². The summed E-state index contributed by atoms with van der Waals surface area (Å²) < 4.78 is 12.0. The topological polar surface area (TPSA) is 35.5 Å². The van der Waals surface area contributed by atoms with E-state index in [2.05, 4.69) is 13.8 Å². The summed E-state index contributed by atoms with van der Waals surface area (Å²) in [5.74, 6) is 2.65. The van der Waals surface area contributed by atoms with Gasteiger partial charge in [0.2, 0.25) is 0 Å². The molecule has 0 bridgehead atoms. The second-order valence-electron chi connectivity index (χ2n) is 10.0. The minimum atomic E-state index is -0.309. The molecule has 0 N–H and O–H groups in total. The second kappa shape index (κ2) is 5.07. The second-order valence-corrected chi connectivity index (χ2v) is 10.0. The molecule has 0 aromatic carbocycles. The fourth-order valence-corrected chi connectivity index (χ4v) is 7.78. The maximum atomic E-state index is 13.3. The SMILES string of the molecule is C[C@@]12CCC[C@@H]1[C@H]1CC[C@@H]3CC4(CC[C@]3(C)[C@@H]1C(=O)C2)OCCO4. The highest BCUT2D eigenvalue weighted by Gasteiger charge is 2.63. The lowest BCUT2D eigenvalue weighted by Crippen LogP contribution is -2.58. The van der Waals surface area contributed by atoms with E-state index in [1.165, 1.54) is 32.1 Å². The van der Waals surface area contributed by atoms with E-state index < -0.39 is 0 Å². The average Bonchev–Trinajstić information content (AvgIpc) is 3.14. The van der Waals surface area contributed by atoms with Crippen LogP contribution in [0.4, 0.5) is 0 Å². The molecule has 0 unspecified atom stereocenters. The Hall–Kier alpha value is -0.410. The van der Waals surface area contributed by atoms with Crippen molar-refractivity contribution in [1.29, 1.82) is 0 Å². The van der Waals surface area contributed by atoms with Gasteiger partial charge in [-0.3, -0.25) is 4.79 Å². The molecule has 0 radical (unpaired) electrons. The molecular formula is C21H32O3.